The number of hydrogen-bond donors (Lipinski definition) is 1. The predicted molar refractivity (Wildman–Crippen MR) is 72.9 cm³/mol. The lowest BCUT2D eigenvalue weighted by atomic mass is 9.81. The molecular formula is C13H19ClFNO3. The third kappa shape index (κ3) is 3.58. The van der Waals surface area contributed by atoms with E-state index in [2.05, 4.69) is 4.74 Å². The number of halogens is 2. The van der Waals surface area contributed by atoms with Gasteiger partial charge in [0.1, 0.15) is 11.6 Å². The first-order valence-corrected chi connectivity index (χ1v) is 5.52. The van der Waals surface area contributed by atoms with E-state index in [1.54, 1.807) is 19.9 Å². The molecule has 0 radical (unpaired) electrons. The number of carbonyl (C=O) groups excluding carboxylic acids is 1. The zero-order valence-electron chi connectivity index (χ0n) is 11.4. The first-order chi connectivity index (χ1) is 8.34. The lowest BCUT2D eigenvalue weighted by Crippen LogP contribution is -2.37. The van der Waals surface area contributed by atoms with Gasteiger partial charge in [-0.05, 0) is 19.9 Å². The summed E-state index contributed by atoms with van der Waals surface area (Å²) >= 11 is 0. The fraction of sp³-hybridized carbons (Fsp3) is 0.462. The molecule has 1 atom stereocenters. The Balaban J connectivity index is 0.00000324. The minimum Gasteiger partial charge on any atom is -0.497 e. The number of benzene rings is 1. The number of nitrogens with two attached hydrogens (primary N) is 1. The molecule has 2 N–H and O–H groups in total. The second-order valence-corrected chi connectivity index (χ2v) is 4.58. The second kappa shape index (κ2) is 6.73. The first-order valence-electron chi connectivity index (χ1n) is 5.52. The number of esters is 1. The molecule has 0 spiro atoms. The monoisotopic (exact) mass is 291 g/mol. The van der Waals surface area contributed by atoms with E-state index in [4.69, 9.17) is 10.5 Å². The maximum atomic E-state index is 13.9. The zero-order valence-corrected chi connectivity index (χ0v) is 12.2. The summed E-state index contributed by atoms with van der Waals surface area (Å²) in [5.41, 5.74) is 5.21. The molecule has 108 valence electrons. The van der Waals surface area contributed by atoms with Gasteiger partial charge in [-0.1, -0.05) is 6.07 Å². The highest BCUT2D eigenvalue weighted by molar-refractivity contribution is 5.85. The Labute approximate surface area is 118 Å². The SMILES string of the molecule is COC(=O)C(C)(C)[C@@H](N)c1ccc(OC)cc1F.Cl. The van der Waals surface area contributed by atoms with Gasteiger partial charge in [-0.15, -0.1) is 12.4 Å². The molecule has 0 aliphatic rings. The number of rotatable bonds is 4. The molecule has 0 fully saturated rings. The Kier molecular flexibility index (Phi) is 6.25. The maximum absolute atomic E-state index is 13.9. The van der Waals surface area contributed by atoms with E-state index in [0.717, 1.165) is 0 Å². The summed E-state index contributed by atoms with van der Waals surface area (Å²) < 4.78 is 23.5. The van der Waals surface area contributed by atoms with Gasteiger partial charge in [-0.3, -0.25) is 4.79 Å². The number of ether oxygens (including phenoxy) is 2. The Hall–Kier alpha value is -1.33. The summed E-state index contributed by atoms with van der Waals surface area (Å²) in [5, 5.41) is 0. The van der Waals surface area contributed by atoms with E-state index in [0.29, 0.717) is 5.75 Å². The molecule has 0 heterocycles. The summed E-state index contributed by atoms with van der Waals surface area (Å²) in [5.74, 6) is -0.580. The fourth-order valence-electron chi connectivity index (χ4n) is 1.67. The molecule has 1 aromatic rings. The van der Waals surface area contributed by atoms with Crippen LogP contribution in [0, 0.1) is 11.2 Å². The van der Waals surface area contributed by atoms with Crippen molar-refractivity contribution in [1.82, 2.24) is 0 Å². The standard InChI is InChI=1S/C13H18FNO3.ClH/c1-13(2,12(16)18-4)11(15)9-6-5-8(17-3)7-10(9)14;/h5-7,11H,15H2,1-4H3;1H/t11-;/m0./s1. The summed E-state index contributed by atoms with van der Waals surface area (Å²) in [6.45, 7) is 3.24. The smallest absolute Gasteiger partial charge is 0.313 e. The van der Waals surface area contributed by atoms with Crippen LogP contribution in [0.3, 0.4) is 0 Å². The molecule has 1 aromatic carbocycles. The molecule has 19 heavy (non-hydrogen) atoms. The van der Waals surface area contributed by atoms with Gasteiger partial charge in [0.2, 0.25) is 0 Å². The van der Waals surface area contributed by atoms with Crippen LogP contribution < -0.4 is 10.5 Å². The predicted octanol–water partition coefficient (Wildman–Crippen LogP) is 2.46. The van der Waals surface area contributed by atoms with E-state index < -0.39 is 23.2 Å². The van der Waals surface area contributed by atoms with Crippen LogP contribution in [0.2, 0.25) is 0 Å². The molecule has 6 heteroatoms. The van der Waals surface area contributed by atoms with Gasteiger partial charge in [0, 0.05) is 17.7 Å². The molecule has 1 rings (SSSR count). The van der Waals surface area contributed by atoms with Crippen LogP contribution in [0.1, 0.15) is 25.5 Å². The minimum absolute atomic E-state index is 0. The summed E-state index contributed by atoms with van der Waals surface area (Å²) in [7, 11) is 2.73. The molecule has 4 nitrogen and oxygen atoms in total. The quantitative estimate of drug-likeness (QED) is 0.866. The van der Waals surface area contributed by atoms with Crippen molar-refractivity contribution in [1.29, 1.82) is 0 Å². The van der Waals surface area contributed by atoms with Crippen LogP contribution in [0.15, 0.2) is 18.2 Å². The number of carbonyl (C=O) groups is 1. The van der Waals surface area contributed by atoms with Crippen LogP contribution in [0.5, 0.6) is 5.75 Å². The maximum Gasteiger partial charge on any atom is 0.313 e. The van der Waals surface area contributed by atoms with Gasteiger partial charge >= 0.3 is 5.97 Å². The number of methoxy groups -OCH3 is 2. The first kappa shape index (κ1) is 17.7. The van der Waals surface area contributed by atoms with E-state index >= 15 is 0 Å². The molecule has 0 unspecified atom stereocenters. The topological polar surface area (TPSA) is 61.5 Å². The van der Waals surface area contributed by atoms with Crippen molar-refractivity contribution in [2.75, 3.05) is 14.2 Å². The van der Waals surface area contributed by atoms with Crippen molar-refractivity contribution in [3.63, 3.8) is 0 Å². The van der Waals surface area contributed by atoms with Crippen molar-refractivity contribution in [3.05, 3.63) is 29.6 Å². The lowest BCUT2D eigenvalue weighted by molar-refractivity contribution is -0.152. The van der Waals surface area contributed by atoms with Crippen molar-refractivity contribution in [2.45, 2.75) is 19.9 Å². The third-order valence-corrected chi connectivity index (χ3v) is 3.03. The highest BCUT2D eigenvalue weighted by Gasteiger charge is 2.37. The third-order valence-electron chi connectivity index (χ3n) is 3.03. The molecular weight excluding hydrogens is 273 g/mol. The van der Waals surface area contributed by atoms with E-state index in [1.807, 2.05) is 0 Å². The van der Waals surface area contributed by atoms with Gasteiger partial charge in [-0.25, -0.2) is 4.39 Å². The Morgan fingerprint density at radius 1 is 1.37 bits per heavy atom. The highest BCUT2D eigenvalue weighted by Crippen LogP contribution is 2.34. The van der Waals surface area contributed by atoms with Crippen LogP contribution >= 0.6 is 12.4 Å². The molecule has 0 bridgehead atoms. The normalized spacial score (nSPS) is 12.3. The average Bonchev–Trinajstić information content (AvgIpc) is 2.36. The Morgan fingerprint density at radius 3 is 2.37 bits per heavy atom. The largest absolute Gasteiger partial charge is 0.497 e. The zero-order chi connectivity index (χ0) is 13.9. The minimum atomic E-state index is -1.01. The molecule has 0 aromatic heterocycles. The van der Waals surface area contributed by atoms with E-state index in [1.165, 1.54) is 26.4 Å². The van der Waals surface area contributed by atoms with Crippen LogP contribution in [-0.4, -0.2) is 20.2 Å². The fourth-order valence-corrected chi connectivity index (χ4v) is 1.67. The Bertz CT molecular complexity index is 452. The van der Waals surface area contributed by atoms with E-state index in [-0.39, 0.29) is 18.0 Å². The molecule has 0 aliphatic carbocycles. The summed E-state index contributed by atoms with van der Waals surface area (Å²) in [4.78, 5) is 11.6. The summed E-state index contributed by atoms with van der Waals surface area (Å²) in [6, 6.07) is 3.56. The van der Waals surface area contributed by atoms with Crippen LogP contribution in [0.25, 0.3) is 0 Å². The van der Waals surface area contributed by atoms with Crippen LogP contribution in [0.4, 0.5) is 4.39 Å². The van der Waals surface area contributed by atoms with Crippen molar-refractivity contribution in [3.8, 4) is 5.75 Å². The average molecular weight is 292 g/mol. The molecule has 0 saturated carbocycles. The van der Waals surface area contributed by atoms with Crippen LogP contribution in [-0.2, 0) is 9.53 Å². The second-order valence-electron chi connectivity index (χ2n) is 4.58. The van der Waals surface area contributed by atoms with Crippen molar-refractivity contribution in [2.24, 2.45) is 11.1 Å². The molecule has 0 aliphatic heterocycles. The summed E-state index contributed by atoms with van der Waals surface area (Å²) in [6.07, 6.45) is 0. The molecule has 0 saturated heterocycles. The van der Waals surface area contributed by atoms with E-state index in [9.17, 15) is 9.18 Å². The van der Waals surface area contributed by atoms with Gasteiger partial charge in [-0.2, -0.15) is 0 Å². The lowest BCUT2D eigenvalue weighted by Gasteiger charge is -2.29. The van der Waals surface area contributed by atoms with Gasteiger partial charge in [0.15, 0.2) is 0 Å². The van der Waals surface area contributed by atoms with Gasteiger partial charge in [0.25, 0.3) is 0 Å². The van der Waals surface area contributed by atoms with Gasteiger partial charge in [0.05, 0.1) is 19.6 Å². The Morgan fingerprint density at radius 2 is 1.95 bits per heavy atom. The number of hydrogen-bond acceptors (Lipinski definition) is 4. The highest BCUT2D eigenvalue weighted by atomic mass is 35.5. The van der Waals surface area contributed by atoms with Crippen molar-refractivity contribution >= 4 is 18.4 Å². The van der Waals surface area contributed by atoms with Gasteiger partial charge < -0.3 is 15.2 Å². The molecule has 0 amide bonds. The van der Waals surface area contributed by atoms with Crippen molar-refractivity contribution < 1.29 is 18.7 Å².